The van der Waals surface area contributed by atoms with Crippen LogP contribution in [0.1, 0.15) is 40.5 Å². The Morgan fingerprint density at radius 1 is 1.41 bits per heavy atom. The first-order valence-corrected chi connectivity index (χ1v) is 7.42. The van der Waals surface area contributed by atoms with E-state index in [4.69, 9.17) is 14.2 Å². The van der Waals surface area contributed by atoms with E-state index in [1.165, 1.54) is 11.0 Å². The minimum atomic E-state index is -1.01. The summed E-state index contributed by atoms with van der Waals surface area (Å²) >= 11 is 0. The molecule has 0 radical (unpaired) electrons. The molecule has 0 bridgehead atoms. The fourth-order valence-electron chi connectivity index (χ4n) is 2.07. The molecule has 1 rings (SSSR count). The minimum Gasteiger partial charge on any atom is -0.428 e. The second-order valence-corrected chi connectivity index (χ2v) is 5.97. The number of rotatable bonds is 4. The predicted molar refractivity (Wildman–Crippen MR) is 79.2 cm³/mol. The number of carbonyl (C=O) groups is 2. The molecule has 1 amide bonds. The maximum atomic E-state index is 12.0. The van der Waals surface area contributed by atoms with Crippen molar-refractivity contribution in [1.29, 1.82) is 0 Å². The van der Waals surface area contributed by atoms with E-state index in [0.717, 1.165) is 12.8 Å². The van der Waals surface area contributed by atoms with Gasteiger partial charge in [0.2, 0.25) is 0 Å². The molecule has 22 heavy (non-hydrogen) atoms. The van der Waals surface area contributed by atoms with Crippen LogP contribution in [0, 0.1) is 0 Å². The van der Waals surface area contributed by atoms with Gasteiger partial charge >= 0.3 is 12.2 Å². The van der Waals surface area contributed by atoms with E-state index in [0.29, 0.717) is 13.2 Å². The van der Waals surface area contributed by atoms with Crippen LogP contribution in [0.5, 0.6) is 0 Å². The van der Waals surface area contributed by atoms with Gasteiger partial charge in [-0.1, -0.05) is 6.08 Å². The van der Waals surface area contributed by atoms with Crippen molar-refractivity contribution in [2.75, 3.05) is 13.2 Å². The molecule has 7 nitrogen and oxygen atoms in total. The van der Waals surface area contributed by atoms with Gasteiger partial charge in [-0.25, -0.2) is 9.59 Å². The Kier molecular flexibility index (Phi) is 6.83. The number of nitrogens with zero attached hydrogens (tertiary/aromatic N) is 1. The van der Waals surface area contributed by atoms with Crippen LogP contribution in [-0.2, 0) is 14.2 Å². The van der Waals surface area contributed by atoms with Crippen molar-refractivity contribution in [3.63, 3.8) is 0 Å². The van der Waals surface area contributed by atoms with Crippen LogP contribution in [-0.4, -0.2) is 53.3 Å². The summed E-state index contributed by atoms with van der Waals surface area (Å²) in [6.45, 7) is 7.72. The summed E-state index contributed by atoms with van der Waals surface area (Å²) in [6.07, 6.45) is 1.93. The summed E-state index contributed by atoms with van der Waals surface area (Å²) in [6, 6.07) is -0.231. The lowest BCUT2D eigenvalue weighted by Crippen LogP contribution is -2.37. The number of hydrogen-bond donors (Lipinski definition) is 1. The summed E-state index contributed by atoms with van der Waals surface area (Å²) in [4.78, 5) is 24.9. The molecule has 1 saturated heterocycles. The maximum absolute atomic E-state index is 12.0. The van der Waals surface area contributed by atoms with Crippen molar-refractivity contribution in [2.45, 2.75) is 58.5 Å². The molecule has 2 unspecified atom stereocenters. The van der Waals surface area contributed by atoms with Crippen LogP contribution < -0.4 is 0 Å². The molecule has 1 heterocycles. The van der Waals surface area contributed by atoms with Crippen molar-refractivity contribution in [3.05, 3.63) is 12.2 Å². The molecule has 0 saturated carbocycles. The van der Waals surface area contributed by atoms with Gasteiger partial charge in [-0.05, 0) is 46.6 Å². The van der Waals surface area contributed by atoms with Crippen LogP contribution in [0.3, 0.4) is 0 Å². The zero-order chi connectivity index (χ0) is 16.8. The summed E-state index contributed by atoms with van der Waals surface area (Å²) in [5.41, 5.74) is -0.719. The average Bonchev–Trinajstić information content (AvgIpc) is 2.82. The van der Waals surface area contributed by atoms with Gasteiger partial charge in [0.15, 0.2) is 6.29 Å². The van der Waals surface area contributed by atoms with Crippen LogP contribution in [0.25, 0.3) is 0 Å². The zero-order valence-corrected chi connectivity index (χ0v) is 13.6. The highest BCUT2D eigenvalue weighted by Gasteiger charge is 2.31. The smallest absolute Gasteiger partial charge is 0.428 e. The van der Waals surface area contributed by atoms with Gasteiger partial charge in [-0.2, -0.15) is 0 Å². The molecule has 2 atom stereocenters. The maximum Gasteiger partial charge on any atom is 0.517 e. The number of aliphatic hydroxyl groups excluding tert-OH is 1. The highest BCUT2D eigenvalue weighted by molar-refractivity contribution is 5.81. The third-order valence-electron chi connectivity index (χ3n) is 2.93. The third kappa shape index (κ3) is 6.44. The molecule has 0 aromatic heterocycles. The lowest BCUT2D eigenvalue weighted by Gasteiger charge is -2.23. The monoisotopic (exact) mass is 315 g/mol. The molecule has 0 aliphatic carbocycles. The Bertz CT molecular complexity index is 415. The van der Waals surface area contributed by atoms with E-state index in [-0.39, 0.29) is 6.04 Å². The van der Waals surface area contributed by atoms with E-state index in [9.17, 15) is 14.7 Å². The fraction of sp³-hybridized carbons (Fsp3) is 0.733. The first kappa shape index (κ1) is 18.4. The zero-order valence-electron chi connectivity index (χ0n) is 13.6. The Morgan fingerprint density at radius 2 is 2.09 bits per heavy atom. The first-order valence-electron chi connectivity index (χ1n) is 7.42. The molecule has 1 fully saturated rings. The standard InChI is InChI=1S/C15H25NO6/c1-5-20-12(17)9-8-11-7-6-10-16(11)13(18)21-14(19)22-15(2,3)4/h8-9,11-12,17H,5-7,10H2,1-4H3. The van der Waals surface area contributed by atoms with Gasteiger partial charge in [0, 0.05) is 13.2 Å². The van der Waals surface area contributed by atoms with Crippen molar-refractivity contribution in [1.82, 2.24) is 4.90 Å². The van der Waals surface area contributed by atoms with Gasteiger partial charge in [0.25, 0.3) is 0 Å². The molecule has 7 heteroatoms. The molecule has 126 valence electrons. The summed E-state index contributed by atoms with van der Waals surface area (Å²) < 4.78 is 14.6. The number of likely N-dealkylation sites (tertiary alicyclic amines) is 1. The Hall–Kier alpha value is -1.60. The predicted octanol–water partition coefficient (Wildman–Crippen LogP) is 2.43. The van der Waals surface area contributed by atoms with Gasteiger partial charge < -0.3 is 24.2 Å². The van der Waals surface area contributed by atoms with E-state index < -0.39 is 24.1 Å². The largest absolute Gasteiger partial charge is 0.517 e. The van der Waals surface area contributed by atoms with Crippen LogP contribution in [0.15, 0.2) is 12.2 Å². The van der Waals surface area contributed by atoms with Crippen molar-refractivity contribution < 1.29 is 28.9 Å². The number of aliphatic hydroxyl groups is 1. The van der Waals surface area contributed by atoms with Gasteiger partial charge in [0.05, 0.1) is 6.04 Å². The van der Waals surface area contributed by atoms with Crippen molar-refractivity contribution in [3.8, 4) is 0 Å². The van der Waals surface area contributed by atoms with Crippen molar-refractivity contribution >= 4 is 12.2 Å². The highest BCUT2D eigenvalue weighted by Crippen LogP contribution is 2.20. The van der Waals surface area contributed by atoms with Crippen molar-refractivity contribution in [2.24, 2.45) is 0 Å². The van der Waals surface area contributed by atoms with Crippen LogP contribution in [0.2, 0.25) is 0 Å². The topological polar surface area (TPSA) is 85.3 Å². The minimum absolute atomic E-state index is 0.231. The van der Waals surface area contributed by atoms with Gasteiger partial charge in [-0.15, -0.1) is 0 Å². The quantitative estimate of drug-likeness (QED) is 0.371. The Balaban J connectivity index is 2.55. The highest BCUT2D eigenvalue weighted by atomic mass is 16.8. The molecule has 0 aromatic rings. The van der Waals surface area contributed by atoms with Gasteiger partial charge in [0.1, 0.15) is 5.60 Å². The number of amides is 1. The fourth-order valence-corrected chi connectivity index (χ4v) is 2.07. The molecule has 1 aliphatic rings. The molecular weight excluding hydrogens is 290 g/mol. The Morgan fingerprint density at radius 3 is 2.68 bits per heavy atom. The van der Waals surface area contributed by atoms with E-state index in [1.54, 1.807) is 33.8 Å². The molecule has 0 spiro atoms. The molecule has 0 aromatic carbocycles. The SMILES string of the molecule is CCOC(O)C=CC1CCCN1C(=O)OC(=O)OC(C)(C)C. The lowest BCUT2D eigenvalue weighted by atomic mass is 10.2. The third-order valence-corrected chi connectivity index (χ3v) is 2.93. The summed E-state index contributed by atoms with van der Waals surface area (Å²) in [5, 5.41) is 9.49. The molecular formula is C15H25NO6. The lowest BCUT2D eigenvalue weighted by molar-refractivity contribution is -0.0591. The summed E-state index contributed by atoms with van der Waals surface area (Å²) in [7, 11) is 0. The van der Waals surface area contributed by atoms with E-state index in [2.05, 4.69) is 0 Å². The van der Waals surface area contributed by atoms with E-state index in [1.807, 2.05) is 0 Å². The average molecular weight is 315 g/mol. The number of ether oxygens (including phenoxy) is 3. The molecule has 1 N–H and O–H groups in total. The van der Waals surface area contributed by atoms with E-state index >= 15 is 0 Å². The second kappa shape index (κ2) is 8.14. The summed E-state index contributed by atoms with van der Waals surface area (Å²) in [5.74, 6) is 0. The Labute approximate surface area is 130 Å². The van der Waals surface area contributed by atoms with Crippen LogP contribution in [0.4, 0.5) is 9.59 Å². The number of hydrogen-bond acceptors (Lipinski definition) is 6. The first-order chi connectivity index (χ1) is 10.2. The normalized spacial score (nSPS) is 20.2. The molecule has 1 aliphatic heterocycles. The second-order valence-electron chi connectivity index (χ2n) is 5.97. The van der Waals surface area contributed by atoms with Gasteiger partial charge in [-0.3, -0.25) is 0 Å². The number of carbonyl (C=O) groups excluding carboxylic acids is 2. The van der Waals surface area contributed by atoms with Crippen LogP contribution >= 0.6 is 0 Å².